The maximum Gasteiger partial charge on any atom is 0.161 e. The van der Waals surface area contributed by atoms with E-state index in [1.807, 2.05) is 36.4 Å². The lowest BCUT2D eigenvalue weighted by Crippen LogP contribution is -2.46. The number of aliphatic hydroxyl groups is 1. The standard InChI is InChI=1S/C26H38N2O6/c1-30-22-10-8-18(13-24(22)32-3)16-27-26(15-20(29)21-7-5-6-12-34-21)28-17-19-9-11-23(31-2)25(14-19)33-4/h8-11,13-14,20-21,26-29H,5-7,12,15-17H2,1-4H3. The molecule has 1 aliphatic rings. The summed E-state index contributed by atoms with van der Waals surface area (Å²) in [5.74, 6) is 2.76. The second-order valence-electron chi connectivity index (χ2n) is 8.40. The lowest BCUT2D eigenvalue weighted by molar-refractivity contribution is -0.0682. The fourth-order valence-corrected chi connectivity index (χ4v) is 4.16. The smallest absolute Gasteiger partial charge is 0.161 e. The minimum Gasteiger partial charge on any atom is -0.493 e. The molecular weight excluding hydrogens is 436 g/mol. The molecule has 0 aromatic heterocycles. The van der Waals surface area contributed by atoms with E-state index in [0.29, 0.717) is 49.1 Å². The Hall–Kier alpha value is -2.52. The maximum atomic E-state index is 10.9. The molecule has 0 saturated carbocycles. The van der Waals surface area contributed by atoms with Gasteiger partial charge in [-0.15, -0.1) is 0 Å². The van der Waals surface area contributed by atoms with Gasteiger partial charge < -0.3 is 28.8 Å². The molecular formula is C26H38N2O6. The predicted octanol–water partition coefficient (Wildman–Crippen LogP) is 3.25. The fourth-order valence-electron chi connectivity index (χ4n) is 4.16. The van der Waals surface area contributed by atoms with Crippen molar-refractivity contribution >= 4 is 0 Å². The van der Waals surface area contributed by atoms with Gasteiger partial charge in [-0.2, -0.15) is 0 Å². The number of nitrogens with one attached hydrogen (secondary N) is 2. The van der Waals surface area contributed by atoms with Crippen molar-refractivity contribution in [3.8, 4) is 23.0 Å². The molecule has 188 valence electrons. The Morgan fingerprint density at radius 3 is 1.79 bits per heavy atom. The first kappa shape index (κ1) is 26.1. The number of methoxy groups -OCH3 is 4. The zero-order valence-corrected chi connectivity index (χ0v) is 20.6. The third kappa shape index (κ3) is 7.24. The van der Waals surface area contributed by atoms with Crippen LogP contribution in [0.25, 0.3) is 0 Å². The number of rotatable bonds is 13. The van der Waals surface area contributed by atoms with E-state index in [1.54, 1.807) is 28.4 Å². The van der Waals surface area contributed by atoms with Gasteiger partial charge in [0.1, 0.15) is 0 Å². The normalized spacial score (nSPS) is 16.8. The minimum atomic E-state index is -0.555. The number of hydrogen-bond donors (Lipinski definition) is 3. The number of benzene rings is 2. The molecule has 1 fully saturated rings. The van der Waals surface area contributed by atoms with Crippen molar-refractivity contribution in [3.05, 3.63) is 47.5 Å². The Kier molecular flexibility index (Phi) is 10.3. The molecule has 0 aliphatic carbocycles. The van der Waals surface area contributed by atoms with Crippen molar-refractivity contribution in [2.75, 3.05) is 35.0 Å². The van der Waals surface area contributed by atoms with E-state index in [0.717, 1.165) is 30.4 Å². The summed E-state index contributed by atoms with van der Waals surface area (Å²) in [6.07, 6.45) is 2.74. The molecule has 0 radical (unpaired) electrons. The van der Waals surface area contributed by atoms with Gasteiger partial charge in [-0.3, -0.25) is 10.6 Å². The van der Waals surface area contributed by atoms with Crippen LogP contribution in [0.4, 0.5) is 0 Å². The summed E-state index contributed by atoms with van der Waals surface area (Å²) >= 11 is 0. The van der Waals surface area contributed by atoms with Crippen LogP contribution < -0.4 is 29.6 Å². The molecule has 2 atom stereocenters. The Bertz CT molecular complexity index is 828. The van der Waals surface area contributed by atoms with Gasteiger partial charge in [0.25, 0.3) is 0 Å². The highest BCUT2D eigenvalue weighted by molar-refractivity contribution is 5.43. The van der Waals surface area contributed by atoms with Crippen LogP contribution in [0.5, 0.6) is 23.0 Å². The lowest BCUT2D eigenvalue weighted by atomic mass is 10.0. The van der Waals surface area contributed by atoms with Gasteiger partial charge >= 0.3 is 0 Å². The highest BCUT2D eigenvalue weighted by Crippen LogP contribution is 2.28. The maximum absolute atomic E-state index is 10.9. The molecule has 1 heterocycles. The largest absolute Gasteiger partial charge is 0.493 e. The average Bonchev–Trinajstić information content (AvgIpc) is 2.90. The van der Waals surface area contributed by atoms with E-state index < -0.39 is 6.10 Å². The van der Waals surface area contributed by atoms with Crippen molar-refractivity contribution in [1.29, 1.82) is 0 Å². The van der Waals surface area contributed by atoms with Crippen LogP contribution in [0.15, 0.2) is 36.4 Å². The first-order chi connectivity index (χ1) is 16.6. The first-order valence-electron chi connectivity index (χ1n) is 11.8. The van der Waals surface area contributed by atoms with Crippen LogP contribution in [0.3, 0.4) is 0 Å². The Labute approximate surface area is 202 Å². The quantitative estimate of drug-likeness (QED) is 0.381. The van der Waals surface area contributed by atoms with Gasteiger partial charge in [-0.05, 0) is 54.7 Å². The molecule has 1 saturated heterocycles. The predicted molar refractivity (Wildman–Crippen MR) is 131 cm³/mol. The van der Waals surface area contributed by atoms with Gasteiger partial charge in [0.15, 0.2) is 23.0 Å². The summed E-state index contributed by atoms with van der Waals surface area (Å²) < 4.78 is 27.3. The minimum absolute atomic E-state index is 0.123. The molecule has 0 spiro atoms. The van der Waals surface area contributed by atoms with Gasteiger partial charge in [-0.1, -0.05) is 12.1 Å². The number of hydrogen-bond acceptors (Lipinski definition) is 8. The Balaban J connectivity index is 1.67. The summed E-state index contributed by atoms with van der Waals surface area (Å²) in [7, 11) is 6.50. The summed E-state index contributed by atoms with van der Waals surface area (Å²) in [6, 6.07) is 11.7. The van der Waals surface area contributed by atoms with Gasteiger partial charge in [0.05, 0.1) is 46.8 Å². The molecule has 0 bridgehead atoms. The summed E-state index contributed by atoms with van der Waals surface area (Å²) in [5.41, 5.74) is 2.11. The van der Waals surface area contributed by atoms with Gasteiger partial charge in [0, 0.05) is 26.1 Å². The molecule has 2 unspecified atom stereocenters. The molecule has 0 amide bonds. The summed E-state index contributed by atoms with van der Waals surface area (Å²) in [4.78, 5) is 0. The number of ether oxygens (including phenoxy) is 5. The Morgan fingerprint density at radius 1 is 0.824 bits per heavy atom. The van der Waals surface area contributed by atoms with Crippen molar-refractivity contribution in [2.24, 2.45) is 0 Å². The van der Waals surface area contributed by atoms with Crippen LogP contribution in [0, 0.1) is 0 Å². The van der Waals surface area contributed by atoms with E-state index in [1.165, 1.54) is 0 Å². The zero-order valence-electron chi connectivity index (χ0n) is 20.6. The lowest BCUT2D eigenvalue weighted by Gasteiger charge is -2.30. The van der Waals surface area contributed by atoms with Crippen LogP contribution in [0.1, 0.15) is 36.8 Å². The SMILES string of the molecule is COc1ccc(CNC(CC(O)C2CCCCO2)NCc2ccc(OC)c(OC)c2)cc1OC. The van der Waals surface area contributed by atoms with Crippen LogP contribution in [-0.4, -0.2) is 58.5 Å². The highest BCUT2D eigenvalue weighted by atomic mass is 16.5. The zero-order chi connectivity index (χ0) is 24.3. The van der Waals surface area contributed by atoms with E-state index >= 15 is 0 Å². The molecule has 8 heteroatoms. The van der Waals surface area contributed by atoms with Crippen molar-refractivity contribution in [2.45, 2.75) is 57.1 Å². The topological polar surface area (TPSA) is 90.4 Å². The second kappa shape index (κ2) is 13.4. The molecule has 8 nitrogen and oxygen atoms in total. The second-order valence-corrected chi connectivity index (χ2v) is 8.40. The monoisotopic (exact) mass is 474 g/mol. The third-order valence-corrected chi connectivity index (χ3v) is 6.12. The van der Waals surface area contributed by atoms with Gasteiger partial charge in [0.2, 0.25) is 0 Å². The molecule has 1 aliphatic heterocycles. The fraction of sp³-hybridized carbons (Fsp3) is 0.538. The molecule has 2 aromatic rings. The average molecular weight is 475 g/mol. The summed E-state index contributed by atoms with van der Waals surface area (Å²) in [6.45, 7) is 1.91. The first-order valence-corrected chi connectivity index (χ1v) is 11.8. The van der Waals surface area contributed by atoms with Crippen LogP contribution >= 0.6 is 0 Å². The Morgan fingerprint density at radius 2 is 1.35 bits per heavy atom. The van der Waals surface area contributed by atoms with E-state index in [4.69, 9.17) is 23.7 Å². The molecule has 34 heavy (non-hydrogen) atoms. The van der Waals surface area contributed by atoms with Crippen molar-refractivity contribution in [1.82, 2.24) is 10.6 Å². The molecule has 3 N–H and O–H groups in total. The highest BCUT2D eigenvalue weighted by Gasteiger charge is 2.25. The molecule has 3 rings (SSSR count). The molecule has 2 aromatic carbocycles. The number of aliphatic hydroxyl groups excluding tert-OH is 1. The van der Waals surface area contributed by atoms with Crippen LogP contribution in [0.2, 0.25) is 0 Å². The van der Waals surface area contributed by atoms with E-state index in [2.05, 4.69) is 10.6 Å². The summed E-state index contributed by atoms with van der Waals surface area (Å²) in [5, 5.41) is 17.9. The van der Waals surface area contributed by atoms with Gasteiger partial charge in [-0.25, -0.2) is 0 Å². The van der Waals surface area contributed by atoms with Crippen molar-refractivity contribution < 1.29 is 28.8 Å². The van der Waals surface area contributed by atoms with Crippen LogP contribution in [-0.2, 0) is 17.8 Å². The third-order valence-electron chi connectivity index (χ3n) is 6.12. The van der Waals surface area contributed by atoms with E-state index in [-0.39, 0.29) is 12.3 Å². The van der Waals surface area contributed by atoms with Crippen molar-refractivity contribution in [3.63, 3.8) is 0 Å². The van der Waals surface area contributed by atoms with E-state index in [9.17, 15) is 5.11 Å².